The van der Waals surface area contributed by atoms with Crippen molar-refractivity contribution in [3.05, 3.63) is 0 Å². The lowest BCUT2D eigenvalue weighted by Crippen LogP contribution is -2.45. The summed E-state index contributed by atoms with van der Waals surface area (Å²) >= 11 is 0. The summed E-state index contributed by atoms with van der Waals surface area (Å²) in [6.45, 7) is 9.16. The lowest BCUT2D eigenvalue weighted by atomic mass is 10.1. The average molecular weight is 226 g/mol. The van der Waals surface area contributed by atoms with Gasteiger partial charge >= 0.3 is 0 Å². The van der Waals surface area contributed by atoms with Crippen LogP contribution in [0.25, 0.3) is 0 Å². The minimum absolute atomic E-state index is 0.399. The number of hydrogen-bond acceptors (Lipinski definition) is 3. The predicted molar refractivity (Wildman–Crippen MR) is 66.7 cm³/mol. The molecule has 0 aliphatic carbocycles. The van der Waals surface area contributed by atoms with E-state index in [1.807, 2.05) is 0 Å². The highest BCUT2D eigenvalue weighted by Crippen LogP contribution is 2.16. The van der Waals surface area contributed by atoms with Crippen LogP contribution in [0.4, 0.5) is 0 Å². The fraction of sp³-hybridized carbons (Fsp3) is 1.00. The van der Waals surface area contributed by atoms with Gasteiger partial charge in [-0.15, -0.1) is 0 Å². The summed E-state index contributed by atoms with van der Waals surface area (Å²) in [6.07, 6.45) is 5.61. The molecule has 0 spiro atoms. The monoisotopic (exact) mass is 226 g/mol. The van der Waals surface area contributed by atoms with Crippen molar-refractivity contribution < 1.29 is 4.74 Å². The largest absolute Gasteiger partial charge is 0.377 e. The van der Waals surface area contributed by atoms with E-state index in [1.54, 1.807) is 0 Å². The van der Waals surface area contributed by atoms with Crippen molar-refractivity contribution >= 4 is 0 Å². The molecule has 94 valence electrons. The molecule has 0 radical (unpaired) electrons. The Kier molecular flexibility index (Phi) is 4.62. The van der Waals surface area contributed by atoms with Crippen molar-refractivity contribution in [3.8, 4) is 0 Å². The van der Waals surface area contributed by atoms with E-state index in [9.17, 15) is 0 Å². The zero-order chi connectivity index (χ0) is 11.4. The molecule has 2 fully saturated rings. The summed E-state index contributed by atoms with van der Waals surface area (Å²) in [5, 5.41) is 3.69. The molecule has 0 aromatic carbocycles. The first kappa shape index (κ1) is 12.3. The summed E-state index contributed by atoms with van der Waals surface area (Å²) in [6, 6.07) is 1.31. The molecule has 3 nitrogen and oxygen atoms in total. The predicted octanol–water partition coefficient (Wildman–Crippen LogP) is 1.63. The van der Waals surface area contributed by atoms with Gasteiger partial charge in [-0.05, 0) is 45.7 Å². The van der Waals surface area contributed by atoms with Crippen LogP contribution >= 0.6 is 0 Å². The fourth-order valence-electron chi connectivity index (χ4n) is 2.93. The lowest BCUT2D eigenvalue weighted by Gasteiger charge is -2.28. The molecule has 16 heavy (non-hydrogen) atoms. The molecular formula is C13H26N2O. The molecule has 3 heteroatoms. The van der Waals surface area contributed by atoms with Gasteiger partial charge < -0.3 is 10.1 Å². The third kappa shape index (κ3) is 2.96. The number of nitrogens with one attached hydrogen (secondary N) is 1. The van der Waals surface area contributed by atoms with Crippen LogP contribution in [-0.4, -0.2) is 49.3 Å². The normalized spacial score (nSPS) is 33.4. The lowest BCUT2D eigenvalue weighted by molar-refractivity contribution is 0.110. The van der Waals surface area contributed by atoms with Crippen LogP contribution in [0, 0.1) is 0 Å². The Labute approximate surface area is 99.5 Å². The highest BCUT2D eigenvalue weighted by molar-refractivity contribution is 4.83. The molecule has 3 unspecified atom stereocenters. The van der Waals surface area contributed by atoms with E-state index < -0.39 is 0 Å². The first-order valence-electron chi connectivity index (χ1n) is 6.90. The van der Waals surface area contributed by atoms with Gasteiger partial charge in [0.15, 0.2) is 0 Å². The highest BCUT2D eigenvalue weighted by Gasteiger charge is 2.26. The summed E-state index contributed by atoms with van der Waals surface area (Å²) in [5.74, 6) is 0. The van der Waals surface area contributed by atoms with Crippen molar-refractivity contribution in [1.29, 1.82) is 0 Å². The molecule has 3 atom stereocenters. The molecule has 2 saturated heterocycles. The fourth-order valence-corrected chi connectivity index (χ4v) is 2.93. The van der Waals surface area contributed by atoms with Crippen molar-refractivity contribution in [3.63, 3.8) is 0 Å². The van der Waals surface area contributed by atoms with Gasteiger partial charge in [0.05, 0.1) is 6.10 Å². The van der Waals surface area contributed by atoms with E-state index in [1.165, 1.54) is 38.8 Å². The zero-order valence-electron chi connectivity index (χ0n) is 10.7. The van der Waals surface area contributed by atoms with Crippen LogP contribution in [0.15, 0.2) is 0 Å². The van der Waals surface area contributed by atoms with Crippen molar-refractivity contribution in [2.45, 2.75) is 57.7 Å². The third-order valence-corrected chi connectivity index (χ3v) is 4.12. The molecule has 2 aliphatic rings. The second kappa shape index (κ2) is 5.99. The number of likely N-dealkylation sites (tertiary alicyclic amines) is 1. The second-order valence-electron chi connectivity index (χ2n) is 5.18. The Morgan fingerprint density at radius 3 is 2.69 bits per heavy atom. The van der Waals surface area contributed by atoms with Gasteiger partial charge in [0.25, 0.3) is 0 Å². The number of ether oxygens (including phenoxy) is 1. The third-order valence-electron chi connectivity index (χ3n) is 4.12. The minimum atomic E-state index is 0.399. The Hall–Kier alpha value is -0.120. The van der Waals surface area contributed by atoms with Crippen molar-refractivity contribution in [2.75, 3.05) is 26.2 Å². The van der Waals surface area contributed by atoms with E-state index in [2.05, 4.69) is 24.1 Å². The van der Waals surface area contributed by atoms with E-state index in [4.69, 9.17) is 4.74 Å². The van der Waals surface area contributed by atoms with Gasteiger partial charge in [-0.3, -0.25) is 4.90 Å². The van der Waals surface area contributed by atoms with Gasteiger partial charge in [0.1, 0.15) is 0 Å². The maximum atomic E-state index is 5.58. The average Bonchev–Trinajstić information content (AvgIpc) is 2.92. The Balaban J connectivity index is 1.73. The van der Waals surface area contributed by atoms with E-state index in [0.717, 1.165) is 19.2 Å². The number of nitrogens with zero attached hydrogens (tertiary/aromatic N) is 1. The molecule has 0 saturated carbocycles. The summed E-state index contributed by atoms with van der Waals surface area (Å²) in [7, 11) is 0. The van der Waals surface area contributed by atoms with Crippen LogP contribution in [0.5, 0.6) is 0 Å². The molecule has 1 N–H and O–H groups in total. The maximum absolute atomic E-state index is 5.58. The topological polar surface area (TPSA) is 24.5 Å². The summed E-state index contributed by atoms with van der Waals surface area (Å²) in [5.41, 5.74) is 0. The summed E-state index contributed by atoms with van der Waals surface area (Å²) < 4.78 is 5.58. The van der Waals surface area contributed by atoms with Gasteiger partial charge in [-0.2, -0.15) is 0 Å². The molecule has 0 bridgehead atoms. The number of hydrogen-bond donors (Lipinski definition) is 1. The molecular weight excluding hydrogens is 200 g/mol. The van der Waals surface area contributed by atoms with Crippen molar-refractivity contribution in [2.24, 2.45) is 0 Å². The Bertz CT molecular complexity index is 204. The molecule has 2 heterocycles. The van der Waals surface area contributed by atoms with E-state index >= 15 is 0 Å². The SMILES string of the molecule is CCC(CNC1CCOC1C)N1CCCC1. The summed E-state index contributed by atoms with van der Waals surface area (Å²) in [4.78, 5) is 2.65. The van der Waals surface area contributed by atoms with Crippen LogP contribution < -0.4 is 5.32 Å². The second-order valence-corrected chi connectivity index (χ2v) is 5.18. The van der Waals surface area contributed by atoms with Crippen LogP contribution in [0.2, 0.25) is 0 Å². The first-order valence-corrected chi connectivity index (χ1v) is 6.90. The van der Waals surface area contributed by atoms with Crippen molar-refractivity contribution in [1.82, 2.24) is 10.2 Å². The highest BCUT2D eigenvalue weighted by atomic mass is 16.5. The van der Waals surface area contributed by atoms with Gasteiger partial charge in [-0.1, -0.05) is 6.92 Å². The molecule has 0 aromatic rings. The minimum Gasteiger partial charge on any atom is -0.377 e. The molecule has 2 aliphatic heterocycles. The van der Waals surface area contributed by atoms with Crippen LogP contribution in [-0.2, 0) is 4.74 Å². The number of rotatable bonds is 5. The zero-order valence-corrected chi connectivity index (χ0v) is 10.7. The van der Waals surface area contributed by atoms with Crippen LogP contribution in [0.3, 0.4) is 0 Å². The molecule has 0 amide bonds. The van der Waals surface area contributed by atoms with Gasteiger partial charge in [-0.25, -0.2) is 0 Å². The van der Waals surface area contributed by atoms with Crippen LogP contribution in [0.1, 0.15) is 39.5 Å². The smallest absolute Gasteiger partial charge is 0.0700 e. The van der Waals surface area contributed by atoms with Gasteiger partial charge in [0, 0.05) is 25.2 Å². The molecule has 2 rings (SSSR count). The quantitative estimate of drug-likeness (QED) is 0.771. The van der Waals surface area contributed by atoms with Gasteiger partial charge in [0.2, 0.25) is 0 Å². The standard InChI is InChI=1S/C13H26N2O/c1-3-12(15-7-4-5-8-15)10-14-13-6-9-16-11(13)2/h11-14H,3-10H2,1-2H3. The first-order chi connectivity index (χ1) is 7.81. The van der Waals surface area contributed by atoms with E-state index in [-0.39, 0.29) is 0 Å². The Morgan fingerprint density at radius 1 is 1.38 bits per heavy atom. The Morgan fingerprint density at radius 2 is 2.12 bits per heavy atom. The molecule has 0 aromatic heterocycles. The van der Waals surface area contributed by atoms with E-state index in [0.29, 0.717) is 12.1 Å². The maximum Gasteiger partial charge on any atom is 0.0700 e.